The minimum absolute atomic E-state index is 0.0615. The lowest BCUT2D eigenvalue weighted by molar-refractivity contribution is -0.120. The van der Waals surface area contributed by atoms with Gasteiger partial charge in [0.1, 0.15) is 5.82 Å². The van der Waals surface area contributed by atoms with Crippen molar-refractivity contribution in [3.8, 4) is 0 Å². The number of piperidine rings is 1. The molecule has 0 spiro atoms. The monoisotopic (exact) mass is 469 g/mol. The minimum atomic E-state index is -0.605. The van der Waals surface area contributed by atoms with Gasteiger partial charge in [0.2, 0.25) is 5.91 Å². The number of aromatic amines is 1. The third-order valence-corrected chi connectivity index (χ3v) is 6.47. The Morgan fingerprint density at radius 2 is 1.94 bits per heavy atom. The lowest BCUT2D eigenvalue weighted by Crippen LogP contribution is -2.49. The van der Waals surface area contributed by atoms with Crippen molar-refractivity contribution in [1.82, 2.24) is 14.5 Å². The number of nitrogen functional groups attached to an aromatic ring is 1. The molecule has 8 heteroatoms. The van der Waals surface area contributed by atoms with Gasteiger partial charge in [0, 0.05) is 19.1 Å². The van der Waals surface area contributed by atoms with E-state index in [0.717, 1.165) is 45.1 Å². The molecule has 1 fully saturated rings. The summed E-state index contributed by atoms with van der Waals surface area (Å²) in [5.41, 5.74) is 6.55. The number of rotatable bonds is 10. The number of hydrogen-bond donors (Lipinski definition) is 2. The van der Waals surface area contributed by atoms with E-state index in [-0.39, 0.29) is 35.9 Å². The number of hydrogen-bond acceptors (Lipinski definition) is 5. The van der Waals surface area contributed by atoms with Gasteiger partial charge in [-0.05, 0) is 43.7 Å². The molecule has 34 heavy (non-hydrogen) atoms. The molecule has 1 atom stereocenters. The molecular formula is C26H39N5O3. The molecule has 1 amide bonds. The van der Waals surface area contributed by atoms with Gasteiger partial charge in [0.15, 0.2) is 5.69 Å². The number of anilines is 2. The van der Waals surface area contributed by atoms with Gasteiger partial charge in [-0.2, -0.15) is 0 Å². The molecule has 1 aromatic carbocycles. The molecule has 0 bridgehead atoms. The van der Waals surface area contributed by atoms with Crippen molar-refractivity contribution in [2.24, 2.45) is 5.92 Å². The number of H-pyrrole nitrogens is 1. The van der Waals surface area contributed by atoms with Crippen molar-refractivity contribution in [3.05, 3.63) is 56.7 Å². The number of nitrogens with zero attached hydrogens (tertiary/aromatic N) is 3. The molecule has 8 nitrogen and oxygen atoms in total. The number of nitrogens with two attached hydrogens (primary N) is 1. The maximum Gasteiger partial charge on any atom is 0.330 e. The minimum Gasteiger partial charge on any atom is -0.383 e. The summed E-state index contributed by atoms with van der Waals surface area (Å²) in [6, 6.07) is 10.6. The number of carbonyl (C=O) groups excluding carboxylic acids is 1. The first-order valence-corrected chi connectivity index (χ1v) is 12.5. The van der Waals surface area contributed by atoms with Crippen LogP contribution in [-0.4, -0.2) is 46.0 Å². The second-order valence-corrected chi connectivity index (χ2v) is 9.71. The van der Waals surface area contributed by atoms with Crippen LogP contribution in [0.3, 0.4) is 0 Å². The standard InChI is InChI=1S/C26H39N5O3/c1-4-5-15-30(23-24(27)31(17-19(2)3)26(34)28-25(23)33)22(32)18-29-14-10-9-13-21(29)16-20-11-7-6-8-12-20/h6-8,11-12,19,21H,4-5,9-10,13-18,27H2,1-3H3,(H,28,33,34). The molecule has 3 N–H and O–H groups in total. The molecule has 3 rings (SSSR count). The van der Waals surface area contributed by atoms with Crippen LogP contribution in [0.5, 0.6) is 0 Å². The lowest BCUT2D eigenvalue weighted by Gasteiger charge is -2.37. The summed E-state index contributed by atoms with van der Waals surface area (Å²) in [5, 5.41) is 0. The normalized spacial score (nSPS) is 16.6. The summed E-state index contributed by atoms with van der Waals surface area (Å²) in [7, 11) is 0. The number of nitrogens with one attached hydrogen (secondary N) is 1. The van der Waals surface area contributed by atoms with E-state index in [1.165, 1.54) is 15.0 Å². The zero-order valence-electron chi connectivity index (χ0n) is 20.8. The molecule has 2 heterocycles. The smallest absolute Gasteiger partial charge is 0.330 e. The fourth-order valence-electron chi connectivity index (χ4n) is 4.71. The van der Waals surface area contributed by atoms with E-state index in [9.17, 15) is 14.4 Å². The molecule has 1 unspecified atom stereocenters. The van der Waals surface area contributed by atoms with Crippen LogP contribution in [0, 0.1) is 5.92 Å². The summed E-state index contributed by atoms with van der Waals surface area (Å²) in [6.07, 6.45) is 5.74. The van der Waals surface area contributed by atoms with Crippen molar-refractivity contribution in [1.29, 1.82) is 0 Å². The predicted octanol–water partition coefficient (Wildman–Crippen LogP) is 3.01. The first-order valence-electron chi connectivity index (χ1n) is 12.5. The second kappa shape index (κ2) is 12.0. The Morgan fingerprint density at radius 3 is 2.62 bits per heavy atom. The van der Waals surface area contributed by atoms with Crippen molar-refractivity contribution >= 4 is 17.4 Å². The van der Waals surface area contributed by atoms with Crippen molar-refractivity contribution in [2.45, 2.75) is 71.9 Å². The summed E-state index contributed by atoms with van der Waals surface area (Å²) >= 11 is 0. The average molecular weight is 470 g/mol. The van der Waals surface area contributed by atoms with E-state index in [1.54, 1.807) is 0 Å². The Labute approximate surface area is 201 Å². The van der Waals surface area contributed by atoms with Crippen molar-refractivity contribution in [3.63, 3.8) is 0 Å². The molecule has 0 aliphatic carbocycles. The van der Waals surface area contributed by atoms with Crippen LogP contribution < -0.4 is 21.9 Å². The van der Waals surface area contributed by atoms with Gasteiger partial charge >= 0.3 is 5.69 Å². The molecule has 0 saturated carbocycles. The SMILES string of the molecule is CCCCN(C(=O)CN1CCCCC1Cc1ccccc1)c1c(N)n(CC(C)C)c(=O)[nH]c1=O. The van der Waals surface area contributed by atoms with E-state index in [2.05, 4.69) is 22.0 Å². The number of amides is 1. The third-order valence-electron chi connectivity index (χ3n) is 6.47. The quantitative estimate of drug-likeness (QED) is 0.557. The van der Waals surface area contributed by atoms with Gasteiger partial charge in [0.05, 0.1) is 6.54 Å². The molecule has 2 aromatic rings. The summed E-state index contributed by atoms with van der Waals surface area (Å²) in [5.74, 6) is 0.0670. The number of aromatic nitrogens is 2. The Hall–Kier alpha value is -2.87. The van der Waals surface area contributed by atoms with Crippen molar-refractivity contribution in [2.75, 3.05) is 30.3 Å². The van der Waals surface area contributed by atoms with Crippen LogP contribution in [-0.2, 0) is 17.8 Å². The van der Waals surface area contributed by atoms with Gasteiger partial charge < -0.3 is 10.6 Å². The van der Waals surface area contributed by atoms with Crippen LogP contribution >= 0.6 is 0 Å². The number of benzene rings is 1. The van der Waals surface area contributed by atoms with Crippen LogP contribution in [0.1, 0.15) is 58.4 Å². The Bertz CT molecular complexity index is 1060. The lowest BCUT2D eigenvalue weighted by atomic mass is 9.95. The maximum atomic E-state index is 13.6. The summed E-state index contributed by atoms with van der Waals surface area (Å²) in [4.78, 5) is 45.0. The topological polar surface area (TPSA) is 104 Å². The Kier molecular flexibility index (Phi) is 9.10. The maximum absolute atomic E-state index is 13.6. The summed E-state index contributed by atoms with van der Waals surface area (Å²) < 4.78 is 1.37. The third kappa shape index (κ3) is 6.38. The predicted molar refractivity (Wildman–Crippen MR) is 137 cm³/mol. The van der Waals surface area contributed by atoms with Crippen LogP contribution in [0.2, 0.25) is 0 Å². The van der Waals surface area contributed by atoms with Crippen molar-refractivity contribution < 1.29 is 4.79 Å². The fourth-order valence-corrected chi connectivity index (χ4v) is 4.71. The highest BCUT2D eigenvalue weighted by Gasteiger charge is 2.29. The molecule has 1 aliphatic rings. The molecule has 0 radical (unpaired) electrons. The van der Waals surface area contributed by atoms with Gasteiger partial charge in [-0.3, -0.25) is 24.0 Å². The van der Waals surface area contributed by atoms with E-state index in [4.69, 9.17) is 5.73 Å². The highest BCUT2D eigenvalue weighted by molar-refractivity contribution is 5.96. The Balaban J connectivity index is 1.88. The molecule has 1 aromatic heterocycles. The van der Waals surface area contributed by atoms with Gasteiger partial charge in [-0.25, -0.2) is 4.79 Å². The number of carbonyl (C=O) groups is 1. The summed E-state index contributed by atoms with van der Waals surface area (Å²) in [6.45, 7) is 7.82. The fraction of sp³-hybridized carbons (Fsp3) is 0.577. The molecule has 1 aliphatic heterocycles. The van der Waals surface area contributed by atoms with Gasteiger partial charge in [0.25, 0.3) is 5.56 Å². The highest BCUT2D eigenvalue weighted by atomic mass is 16.2. The average Bonchev–Trinajstić information content (AvgIpc) is 2.80. The van der Waals surface area contributed by atoms with E-state index in [1.807, 2.05) is 39.0 Å². The van der Waals surface area contributed by atoms with Crippen LogP contribution in [0.25, 0.3) is 0 Å². The van der Waals surface area contributed by atoms with Crippen LogP contribution in [0.15, 0.2) is 39.9 Å². The van der Waals surface area contributed by atoms with E-state index >= 15 is 0 Å². The van der Waals surface area contributed by atoms with Crippen LogP contribution in [0.4, 0.5) is 11.5 Å². The first-order chi connectivity index (χ1) is 16.3. The van der Waals surface area contributed by atoms with Gasteiger partial charge in [-0.15, -0.1) is 0 Å². The molecule has 186 valence electrons. The van der Waals surface area contributed by atoms with E-state index < -0.39 is 11.2 Å². The highest BCUT2D eigenvalue weighted by Crippen LogP contribution is 2.23. The largest absolute Gasteiger partial charge is 0.383 e. The number of unbranched alkanes of at least 4 members (excludes halogenated alkanes) is 1. The Morgan fingerprint density at radius 1 is 1.21 bits per heavy atom. The first kappa shape index (κ1) is 25.7. The second-order valence-electron chi connectivity index (χ2n) is 9.71. The zero-order valence-corrected chi connectivity index (χ0v) is 20.8. The van der Waals surface area contributed by atoms with E-state index in [0.29, 0.717) is 13.1 Å². The molecular weight excluding hydrogens is 430 g/mol. The van der Waals surface area contributed by atoms with Gasteiger partial charge in [-0.1, -0.05) is 63.9 Å². The molecule has 1 saturated heterocycles. The zero-order chi connectivity index (χ0) is 24.7. The number of likely N-dealkylation sites (tertiary alicyclic amines) is 1.